The van der Waals surface area contributed by atoms with Gasteiger partial charge >= 0.3 is 0 Å². The first kappa shape index (κ1) is 136. The summed E-state index contributed by atoms with van der Waals surface area (Å²) in [4.78, 5) is 16.9. The summed E-state index contributed by atoms with van der Waals surface area (Å²) >= 11 is 0. The highest BCUT2D eigenvalue weighted by molar-refractivity contribution is 5.14. The summed E-state index contributed by atoms with van der Waals surface area (Å²) < 4.78 is 0. The summed E-state index contributed by atoms with van der Waals surface area (Å²) in [5, 5.41) is 0. The number of piperidine rings is 2. The van der Waals surface area contributed by atoms with E-state index in [1.54, 1.807) is 0 Å². The van der Waals surface area contributed by atoms with Gasteiger partial charge in [0.1, 0.15) is 0 Å². The van der Waals surface area contributed by atoms with Gasteiger partial charge in [0, 0.05) is 48.3 Å². The second kappa shape index (κ2) is 74.2. The van der Waals surface area contributed by atoms with Gasteiger partial charge in [-0.3, -0.25) is 29.4 Å². The maximum absolute atomic E-state index is 3.00. The van der Waals surface area contributed by atoms with E-state index < -0.39 is 0 Å². The number of fused-ring (bicyclic) bond motifs is 2. The third kappa shape index (κ3) is 29.4. The van der Waals surface area contributed by atoms with Gasteiger partial charge in [0.25, 0.3) is 0 Å². The minimum Gasteiger partial charge on any atom is -0.294 e. The highest BCUT2D eigenvalue weighted by atomic mass is 15.5. The SMILES string of the molecule is C.C.C.C.C.C.C.C.C.C.C.C.CC.CC.CC.CC.CC.CC.CC.CC.CC.CC.CC.CC.C[C@@H]1[C@H](C)[C@@H]2CCC([C@H]3C[C@@H](C)N(C)C34[C@H](C)CCN4C)[C@H](C)N2[C@@H]1C.C[C@@H]1[C@H](C)[C@H](C)N2[C@H](C[C@H]3C[C@@H](C)N(C)C34[C@H](C)CCN4C)CCC[C@H]12. The molecule has 8 rings (SSSR count). The van der Waals surface area contributed by atoms with E-state index in [4.69, 9.17) is 0 Å². The number of hydrogen-bond donors (Lipinski definition) is 0. The van der Waals surface area contributed by atoms with Gasteiger partial charge in [-0.15, -0.1) is 0 Å². The number of nitrogens with zero attached hydrogens (tertiary/aromatic N) is 6. The lowest BCUT2D eigenvalue weighted by Crippen LogP contribution is -2.63. The lowest BCUT2D eigenvalue weighted by atomic mass is 9.69. The highest BCUT2D eigenvalue weighted by Gasteiger charge is 2.63. The van der Waals surface area contributed by atoms with Gasteiger partial charge in [-0.1, -0.05) is 303 Å². The van der Waals surface area contributed by atoms with E-state index in [9.17, 15) is 0 Å². The van der Waals surface area contributed by atoms with E-state index in [1.807, 2.05) is 166 Å². The maximum atomic E-state index is 3.00. The van der Waals surface area contributed by atoms with E-state index in [2.05, 4.69) is 134 Å². The van der Waals surface area contributed by atoms with Crippen LogP contribution in [-0.4, -0.2) is 130 Å². The van der Waals surface area contributed by atoms with Crippen molar-refractivity contribution in [1.29, 1.82) is 0 Å². The molecule has 0 aliphatic carbocycles. The highest BCUT2D eigenvalue weighted by Crippen LogP contribution is 2.57. The second-order valence-corrected chi connectivity index (χ2v) is 21.2. The van der Waals surface area contributed by atoms with Crippen molar-refractivity contribution in [2.45, 2.75) is 455 Å². The van der Waals surface area contributed by atoms with Gasteiger partial charge in [0.2, 0.25) is 0 Å². The zero-order chi connectivity index (χ0) is 61.8. The third-order valence-corrected chi connectivity index (χ3v) is 19.8. The van der Waals surface area contributed by atoms with Crippen LogP contribution in [0.4, 0.5) is 0 Å². The predicted molar refractivity (Wildman–Crippen MR) is 437 cm³/mol. The molecule has 8 saturated heterocycles. The van der Waals surface area contributed by atoms with Gasteiger partial charge in [0.05, 0.1) is 11.3 Å². The Morgan fingerprint density at radius 3 is 0.966 bits per heavy atom. The Balaban J connectivity index is -0.0000000470. The molecule has 0 aromatic carbocycles. The average Bonchev–Trinajstić information content (AvgIpc) is 4.25. The molecular formula is C82H206N6. The molecule has 0 saturated carbocycles. The molecule has 2 spiro atoms. The molecule has 8 aliphatic heterocycles. The van der Waals surface area contributed by atoms with Crippen LogP contribution in [0.1, 0.15) is 396 Å². The molecule has 8 heterocycles. The van der Waals surface area contributed by atoms with Crippen LogP contribution < -0.4 is 0 Å². The van der Waals surface area contributed by atoms with Crippen LogP contribution in [-0.2, 0) is 0 Å². The van der Waals surface area contributed by atoms with Gasteiger partial charge in [-0.05, 0) is 187 Å². The summed E-state index contributed by atoms with van der Waals surface area (Å²) in [5.41, 5.74) is 0.609. The van der Waals surface area contributed by atoms with Crippen LogP contribution in [0, 0.1) is 53.3 Å². The van der Waals surface area contributed by atoms with Crippen molar-refractivity contribution in [2.24, 2.45) is 53.3 Å². The Labute approximate surface area is 576 Å². The molecule has 8 fully saturated rings. The zero-order valence-corrected chi connectivity index (χ0v) is 61.0. The van der Waals surface area contributed by atoms with Crippen molar-refractivity contribution < 1.29 is 0 Å². The first-order valence-corrected chi connectivity index (χ1v) is 35.0. The summed E-state index contributed by atoms with van der Waals surface area (Å²) in [6, 6.07) is 6.18. The van der Waals surface area contributed by atoms with E-state index >= 15 is 0 Å². The Kier molecular flexibility index (Phi) is 114. The van der Waals surface area contributed by atoms with E-state index in [0.717, 1.165) is 95.6 Å². The molecule has 6 heteroatoms. The van der Waals surface area contributed by atoms with Crippen molar-refractivity contribution in [3.63, 3.8) is 0 Å². The molecule has 6 nitrogen and oxygen atoms in total. The molecule has 19 atom stereocenters. The van der Waals surface area contributed by atoms with Gasteiger partial charge in [0.15, 0.2) is 0 Å². The lowest BCUT2D eigenvalue weighted by molar-refractivity contribution is -0.0823. The standard InChI is InChI=1S/2C23H43N3.12C2H6.12CH4/c1-14-11-12-24(7)23(14)21(13-15(2)25(23)8)20-9-10-22-17(4)16(3)18(5)26(22)19(20)6;1-15-11-12-24(6)23(15)20(13-16(2)25(23)7)14-21-9-8-10-22-18(4)17(3)19(5)26(21)22;12*1-2;;;;;;;;;;;;/h14-22H,9-13H2,1-8H3;15-22H,8-14H2,1-7H3;12*1-2H3;12*1H4/t14-,15-,16-,17+,18-,19+,20?,21-,22+,23?;15-,16-,17+,18-,19+,20-,21+,22-,23?;;;;;;;;;;;;;;;;;;;;;;;;/m11......................../s1. The van der Waals surface area contributed by atoms with Crippen molar-refractivity contribution in [1.82, 2.24) is 29.4 Å². The van der Waals surface area contributed by atoms with E-state index in [0.29, 0.717) is 17.4 Å². The Morgan fingerprint density at radius 1 is 0.318 bits per heavy atom. The molecule has 8 aliphatic rings. The Hall–Kier alpha value is -0.240. The molecule has 0 N–H and O–H groups in total. The lowest BCUT2D eigenvalue weighted by Gasteiger charge is -2.53. The van der Waals surface area contributed by atoms with Crippen molar-refractivity contribution >= 4 is 0 Å². The largest absolute Gasteiger partial charge is 0.294 e. The van der Waals surface area contributed by atoms with Gasteiger partial charge < -0.3 is 0 Å². The summed E-state index contributed by atoms with van der Waals surface area (Å²) in [5.74, 6) is 7.50. The zero-order valence-electron chi connectivity index (χ0n) is 61.0. The second-order valence-electron chi connectivity index (χ2n) is 21.2. The van der Waals surface area contributed by atoms with Crippen LogP contribution in [0.3, 0.4) is 0 Å². The fourth-order valence-electron chi connectivity index (χ4n) is 16.4. The van der Waals surface area contributed by atoms with Crippen molar-refractivity contribution in [3.8, 4) is 0 Å². The van der Waals surface area contributed by atoms with E-state index in [1.165, 1.54) is 77.3 Å². The predicted octanol–water partition coefficient (Wildman–Crippen LogP) is 28.4. The topological polar surface area (TPSA) is 19.4 Å². The molecule has 564 valence electrons. The molecule has 88 heavy (non-hydrogen) atoms. The monoisotopic (exact) mass is 1280 g/mol. The fourth-order valence-corrected chi connectivity index (χ4v) is 16.4. The van der Waals surface area contributed by atoms with Crippen molar-refractivity contribution in [2.75, 3.05) is 41.3 Å². The Morgan fingerprint density at radius 2 is 0.625 bits per heavy atom. The number of hydrogen-bond acceptors (Lipinski definition) is 6. The molecule has 0 aromatic heterocycles. The molecule has 0 radical (unpaired) electrons. The van der Waals surface area contributed by atoms with Gasteiger partial charge in [-0.2, -0.15) is 0 Å². The smallest absolute Gasteiger partial charge is 0.0794 e. The van der Waals surface area contributed by atoms with Crippen LogP contribution in [0.25, 0.3) is 0 Å². The molecule has 0 bridgehead atoms. The van der Waals surface area contributed by atoms with Gasteiger partial charge in [-0.25, -0.2) is 0 Å². The van der Waals surface area contributed by atoms with Crippen LogP contribution in [0.5, 0.6) is 0 Å². The van der Waals surface area contributed by atoms with Crippen LogP contribution in [0.2, 0.25) is 0 Å². The first-order chi connectivity index (χ1) is 36.5. The molecule has 3 unspecified atom stereocenters. The summed E-state index contributed by atoms with van der Waals surface area (Å²) in [6.45, 7) is 78.2. The minimum absolute atomic E-state index is 0. The third-order valence-electron chi connectivity index (χ3n) is 19.8. The van der Waals surface area contributed by atoms with Crippen LogP contribution in [0.15, 0.2) is 0 Å². The molecule has 0 amide bonds. The number of likely N-dealkylation sites (tertiary alicyclic amines) is 4. The minimum atomic E-state index is 0. The quantitative estimate of drug-likeness (QED) is 0.279. The van der Waals surface area contributed by atoms with Crippen LogP contribution >= 0.6 is 0 Å². The van der Waals surface area contributed by atoms with E-state index in [-0.39, 0.29) is 89.1 Å². The fraction of sp³-hybridized carbons (Fsp3) is 1.00. The molecule has 0 aromatic rings. The average molecular weight is 1280 g/mol. The molecular weight excluding hydrogens is 1070 g/mol. The normalized spacial score (nSPS) is 33.4. The summed E-state index contributed by atoms with van der Waals surface area (Å²) in [6.07, 6.45) is 14.1. The summed E-state index contributed by atoms with van der Waals surface area (Å²) in [7, 11) is 9.64. The number of rotatable bonds is 3. The first-order valence-electron chi connectivity index (χ1n) is 35.0. The maximum Gasteiger partial charge on any atom is 0.0794 e. The Bertz CT molecular complexity index is 1200. The van der Waals surface area contributed by atoms with Crippen molar-refractivity contribution in [3.05, 3.63) is 0 Å².